The van der Waals surface area contributed by atoms with Gasteiger partial charge in [-0.25, -0.2) is 0 Å². The summed E-state index contributed by atoms with van der Waals surface area (Å²) in [6.07, 6.45) is 4.98. The Morgan fingerprint density at radius 2 is 2.23 bits per heavy atom. The molecule has 13 heavy (non-hydrogen) atoms. The molecule has 0 saturated carbocycles. The smallest absolute Gasteiger partial charge is 0.0954 e. The minimum atomic E-state index is -0.194. The first-order valence-corrected chi connectivity index (χ1v) is 4.06. The van der Waals surface area contributed by atoms with Gasteiger partial charge in [-0.15, -0.1) is 0 Å². The first-order valence-electron chi connectivity index (χ1n) is 4.06. The van der Waals surface area contributed by atoms with Crippen molar-refractivity contribution in [1.29, 1.82) is 0 Å². The van der Waals surface area contributed by atoms with Gasteiger partial charge < -0.3 is 10.2 Å². The second kappa shape index (κ2) is 3.41. The van der Waals surface area contributed by atoms with Crippen molar-refractivity contribution in [2.75, 3.05) is 0 Å². The molecule has 0 amide bonds. The zero-order valence-electron chi connectivity index (χ0n) is 7.05. The maximum atomic E-state index is 5.94. The van der Waals surface area contributed by atoms with Crippen LogP contribution in [0.15, 0.2) is 47.4 Å². The summed E-state index contributed by atoms with van der Waals surface area (Å²) in [5.41, 5.74) is 7.73. The van der Waals surface area contributed by atoms with Crippen molar-refractivity contribution >= 4 is 0 Å². The van der Waals surface area contributed by atoms with Gasteiger partial charge in [0.25, 0.3) is 0 Å². The van der Waals surface area contributed by atoms with Crippen LogP contribution in [0.25, 0.3) is 0 Å². The first-order chi connectivity index (χ1) is 6.38. The van der Waals surface area contributed by atoms with Gasteiger partial charge in [0.2, 0.25) is 0 Å². The van der Waals surface area contributed by atoms with Crippen LogP contribution in [-0.2, 0) is 0 Å². The van der Waals surface area contributed by atoms with E-state index in [-0.39, 0.29) is 6.04 Å². The molecule has 1 atom stereocenters. The molecule has 0 aromatic carbocycles. The molecule has 2 N–H and O–H groups in total. The number of nitrogens with two attached hydrogens (primary N) is 1. The number of nitrogens with zero attached hydrogens (tertiary/aromatic N) is 1. The van der Waals surface area contributed by atoms with Crippen LogP contribution in [0.1, 0.15) is 17.3 Å². The molecule has 66 valence electrons. The van der Waals surface area contributed by atoms with E-state index < -0.39 is 0 Å². The lowest BCUT2D eigenvalue weighted by atomic mass is 10.1. The first kappa shape index (κ1) is 8.01. The lowest BCUT2D eigenvalue weighted by Gasteiger charge is -2.07. The van der Waals surface area contributed by atoms with E-state index in [1.54, 1.807) is 18.7 Å². The van der Waals surface area contributed by atoms with Gasteiger partial charge in [-0.2, -0.15) is 0 Å². The standard InChI is InChI=1S/C10H10N2O/c11-10(8-4-6-13-7-8)9-3-1-2-5-12-9/h1-7,10H,11H2. The molecule has 0 aliphatic heterocycles. The second-order valence-corrected chi connectivity index (χ2v) is 2.79. The van der Waals surface area contributed by atoms with Crippen LogP contribution < -0.4 is 5.73 Å². The molecule has 0 spiro atoms. The van der Waals surface area contributed by atoms with Crippen molar-refractivity contribution in [3.05, 3.63) is 54.2 Å². The van der Waals surface area contributed by atoms with E-state index in [1.807, 2.05) is 24.3 Å². The van der Waals surface area contributed by atoms with Crippen molar-refractivity contribution in [3.63, 3.8) is 0 Å². The predicted octanol–water partition coefficient (Wildman–Crippen LogP) is 1.72. The van der Waals surface area contributed by atoms with E-state index in [1.165, 1.54) is 0 Å². The van der Waals surface area contributed by atoms with Crippen LogP contribution in [0.5, 0.6) is 0 Å². The molecule has 2 aromatic heterocycles. The maximum Gasteiger partial charge on any atom is 0.0954 e. The molecule has 1 unspecified atom stereocenters. The van der Waals surface area contributed by atoms with Crippen molar-refractivity contribution in [2.45, 2.75) is 6.04 Å². The Kier molecular flexibility index (Phi) is 2.10. The third kappa shape index (κ3) is 1.60. The lowest BCUT2D eigenvalue weighted by molar-refractivity contribution is 0.561. The second-order valence-electron chi connectivity index (χ2n) is 2.79. The van der Waals surface area contributed by atoms with E-state index in [4.69, 9.17) is 10.2 Å². The average molecular weight is 174 g/mol. The summed E-state index contributed by atoms with van der Waals surface area (Å²) in [5, 5.41) is 0. The highest BCUT2D eigenvalue weighted by molar-refractivity contribution is 5.22. The van der Waals surface area contributed by atoms with Crippen molar-refractivity contribution in [1.82, 2.24) is 4.98 Å². The van der Waals surface area contributed by atoms with Crippen LogP contribution in [0.4, 0.5) is 0 Å². The van der Waals surface area contributed by atoms with Crippen LogP contribution in [0, 0.1) is 0 Å². The maximum absolute atomic E-state index is 5.94. The molecule has 2 rings (SSSR count). The van der Waals surface area contributed by atoms with Crippen molar-refractivity contribution in [3.8, 4) is 0 Å². The topological polar surface area (TPSA) is 52.0 Å². The molecular formula is C10H10N2O. The molecule has 0 fully saturated rings. The number of aromatic nitrogens is 1. The SMILES string of the molecule is NC(c1ccoc1)c1ccccn1. The molecule has 0 aliphatic rings. The fourth-order valence-electron chi connectivity index (χ4n) is 1.18. The monoisotopic (exact) mass is 174 g/mol. The Hall–Kier alpha value is -1.61. The number of pyridine rings is 1. The van der Waals surface area contributed by atoms with Crippen molar-refractivity contribution < 1.29 is 4.42 Å². The Balaban J connectivity index is 2.29. The molecule has 0 bridgehead atoms. The van der Waals surface area contributed by atoms with Gasteiger partial charge in [-0.05, 0) is 18.2 Å². The van der Waals surface area contributed by atoms with Gasteiger partial charge in [0.15, 0.2) is 0 Å². The average Bonchev–Trinajstić information content (AvgIpc) is 2.71. The summed E-state index contributed by atoms with van der Waals surface area (Å²) in [7, 11) is 0. The molecule has 2 heterocycles. The minimum absolute atomic E-state index is 0.194. The van der Waals surface area contributed by atoms with Gasteiger partial charge in [0.1, 0.15) is 0 Å². The van der Waals surface area contributed by atoms with Crippen LogP contribution in [0.3, 0.4) is 0 Å². The fourth-order valence-corrected chi connectivity index (χ4v) is 1.18. The highest BCUT2D eigenvalue weighted by Crippen LogP contribution is 2.16. The van der Waals surface area contributed by atoms with E-state index in [9.17, 15) is 0 Å². The summed E-state index contributed by atoms with van der Waals surface area (Å²) in [5.74, 6) is 0. The van der Waals surface area contributed by atoms with Gasteiger partial charge in [0, 0.05) is 11.8 Å². The number of hydrogen-bond donors (Lipinski definition) is 1. The molecule has 0 saturated heterocycles. The normalized spacial score (nSPS) is 12.7. The largest absolute Gasteiger partial charge is 0.472 e. The molecule has 2 aromatic rings. The number of hydrogen-bond acceptors (Lipinski definition) is 3. The molecule has 0 aliphatic carbocycles. The Morgan fingerprint density at radius 1 is 1.31 bits per heavy atom. The zero-order valence-corrected chi connectivity index (χ0v) is 7.05. The van der Waals surface area contributed by atoms with E-state index in [0.29, 0.717) is 0 Å². The summed E-state index contributed by atoms with van der Waals surface area (Å²) >= 11 is 0. The van der Waals surface area contributed by atoms with Gasteiger partial charge in [-0.3, -0.25) is 4.98 Å². The van der Waals surface area contributed by atoms with E-state index in [2.05, 4.69) is 4.98 Å². The van der Waals surface area contributed by atoms with E-state index >= 15 is 0 Å². The third-order valence-corrected chi connectivity index (χ3v) is 1.91. The Bertz CT molecular complexity index is 356. The Morgan fingerprint density at radius 3 is 2.85 bits per heavy atom. The quantitative estimate of drug-likeness (QED) is 0.754. The summed E-state index contributed by atoms with van der Waals surface area (Å²) in [6, 6.07) is 7.34. The van der Waals surface area contributed by atoms with Crippen molar-refractivity contribution in [2.24, 2.45) is 5.73 Å². The zero-order chi connectivity index (χ0) is 9.10. The molecular weight excluding hydrogens is 164 g/mol. The number of rotatable bonds is 2. The summed E-state index contributed by atoms with van der Waals surface area (Å²) < 4.78 is 4.95. The minimum Gasteiger partial charge on any atom is -0.472 e. The predicted molar refractivity (Wildman–Crippen MR) is 49.0 cm³/mol. The summed E-state index contributed by atoms with van der Waals surface area (Å²) in [6.45, 7) is 0. The molecule has 3 nitrogen and oxygen atoms in total. The van der Waals surface area contributed by atoms with Gasteiger partial charge in [0.05, 0.1) is 24.3 Å². The third-order valence-electron chi connectivity index (χ3n) is 1.91. The fraction of sp³-hybridized carbons (Fsp3) is 0.100. The molecule has 0 radical (unpaired) electrons. The highest BCUT2D eigenvalue weighted by Gasteiger charge is 2.09. The van der Waals surface area contributed by atoms with Gasteiger partial charge >= 0.3 is 0 Å². The highest BCUT2D eigenvalue weighted by atomic mass is 16.3. The van der Waals surface area contributed by atoms with Crippen LogP contribution in [0.2, 0.25) is 0 Å². The van der Waals surface area contributed by atoms with Crippen LogP contribution in [-0.4, -0.2) is 4.98 Å². The summed E-state index contributed by atoms with van der Waals surface area (Å²) in [4.78, 5) is 4.17. The number of furan rings is 1. The lowest BCUT2D eigenvalue weighted by Crippen LogP contribution is -2.12. The van der Waals surface area contributed by atoms with Crippen LogP contribution >= 0.6 is 0 Å². The van der Waals surface area contributed by atoms with E-state index in [0.717, 1.165) is 11.3 Å². The van der Waals surface area contributed by atoms with Gasteiger partial charge in [-0.1, -0.05) is 6.07 Å². The molecule has 3 heteroatoms. The Labute approximate surface area is 76.2 Å².